The molecule has 5 nitrogen and oxygen atoms in total. The third-order valence-electron chi connectivity index (χ3n) is 5.32. The van der Waals surface area contributed by atoms with Crippen LogP contribution in [0, 0.1) is 0 Å². The minimum absolute atomic E-state index is 0.0140. The number of aryl methyl sites for hydroxylation is 1. The maximum atomic E-state index is 13.1. The van der Waals surface area contributed by atoms with E-state index in [0.29, 0.717) is 18.5 Å². The number of urea groups is 1. The number of fused-ring (bicyclic) bond motifs is 1. The highest BCUT2D eigenvalue weighted by molar-refractivity contribution is 5.75. The van der Waals surface area contributed by atoms with Gasteiger partial charge in [-0.15, -0.1) is 0 Å². The molecular formula is C21H25N3O2. The summed E-state index contributed by atoms with van der Waals surface area (Å²) in [7, 11) is 1.60. The molecular weight excluding hydrogens is 326 g/mol. The van der Waals surface area contributed by atoms with E-state index in [-0.39, 0.29) is 12.1 Å². The van der Waals surface area contributed by atoms with Gasteiger partial charge in [0.2, 0.25) is 5.88 Å². The Morgan fingerprint density at radius 2 is 2.08 bits per heavy atom. The molecule has 1 aromatic carbocycles. The first kappa shape index (κ1) is 16.9. The summed E-state index contributed by atoms with van der Waals surface area (Å²) in [6.45, 7) is 0.424. The molecule has 26 heavy (non-hydrogen) atoms. The van der Waals surface area contributed by atoms with Crippen LogP contribution in [0.1, 0.15) is 48.4 Å². The molecule has 0 spiro atoms. The van der Waals surface area contributed by atoms with Crippen molar-refractivity contribution in [2.75, 3.05) is 7.11 Å². The molecule has 136 valence electrons. The number of rotatable bonds is 5. The van der Waals surface area contributed by atoms with Crippen LogP contribution in [0.15, 0.2) is 42.6 Å². The summed E-state index contributed by atoms with van der Waals surface area (Å²) in [6.07, 6.45) is 7.18. The Morgan fingerprint density at radius 1 is 1.23 bits per heavy atom. The van der Waals surface area contributed by atoms with Gasteiger partial charge in [0.1, 0.15) is 0 Å². The van der Waals surface area contributed by atoms with Crippen LogP contribution < -0.4 is 10.1 Å². The molecule has 2 aliphatic rings. The Labute approximate surface area is 154 Å². The molecule has 1 N–H and O–H groups in total. The lowest BCUT2D eigenvalue weighted by Crippen LogP contribution is -2.44. The number of nitrogens with one attached hydrogen (secondary N) is 1. The zero-order valence-electron chi connectivity index (χ0n) is 15.1. The van der Waals surface area contributed by atoms with Gasteiger partial charge in [0, 0.05) is 24.3 Å². The van der Waals surface area contributed by atoms with Crippen LogP contribution >= 0.6 is 0 Å². The van der Waals surface area contributed by atoms with Gasteiger partial charge in [-0.25, -0.2) is 9.78 Å². The van der Waals surface area contributed by atoms with Crippen LogP contribution in [0.4, 0.5) is 4.79 Å². The molecule has 1 unspecified atom stereocenters. The number of aromatic nitrogens is 1. The molecule has 1 saturated carbocycles. The van der Waals surface area contributed by atoms with Crippen LogP contribution in [-0.2, 0) is 13.0 Å². The standard InChI is InChI=1S/C21H25N3O2/c1-26-20-16(8-5-13-22-20)14-23-21(25)24(17-11-12-17)19-10-4-7-15-6-2-3-9-18(15)19/h2-3,5-6,8-9,13,17,19H,4,7,10-12,14H2,1H3,(H,23,25). The van der Waals surface area contributed by atoms with Crippen molar-refractivity contribution in [3.05, 3.63) is 59.3 Å². The Bertz CT molecular complexity index is 788. The van der Waals surface area contributed by atoms with E-state index >= 15 is 0 Å². The topological polar surface area (TPSA) is 54.5 Å². The number of pyridine rings is 1. The number of hydrogen-bond acceptors (Lipinski definition) is 3. The normalized spacial score (nSPS) is 18.7. The van der Waals surface area contributed by atoms with Gasteiger partial charge in [-0.05, 0) is 49.3 Å². The smallest absolute Gasteiger partial charge is 0.318 e. The molecule has 0 bridgehead atoms. The number of hydrogen-bond donors (Lipinski definition) is 1. The van der Waals surface area contributed by atoms with Crippen LogP contribution in [0.25, 0.3) is 0 Å². The van der Waals surface area contributed by atoms with Gasteiger partial charge in [-0.3, -0.25) is 0 Å². The quantitative estimate of drug-likeness (QED) is 0.890. The number of carbonyl (C=O) groups excluding carboxylic acids is 1. The summed E-state index contributed by atoms with van der Waals surface area (Å²) in [4.78, 5) is 19.3. The molecule has 2 amide bonds. The first-order chi connectivity index (χ1) is 12.8. The fraction of sp³-hybridized carbons (Fsp3) is 0.429. The molecule has 0 radical (unpaired) electrons. The minimum atomic E-state index is 0.0140. The molecule has 1 aromatic heterocycles. The lowest BCUT2D eigenvalue weighted by atomic mass is 9.87. The number of benzene rings is 1. The van der Waals surface area contributed by atoms with Crippen molar-refractivity contribution in [1.82, 2.24) is 15.2 Å². The van der Waals surface area contributed by atoms with Crippen LogP contribution in [0.5, 0.6) is 5.88 Å². The van der Waals surface area contributed by atoms with E-state index in [2.05, 4.69) is 39.5 Å². The van der Waals surface area contributed by atoms with Gasteiger partial charge in [0.15, 0.2) is 0 Å². The average Bonchev–Trinajstić information content (AvgIpc) is 3.52. The molecule has 1 atom stereocenters. The highest BCUT2D eigenvalue weighted by Crippen LogP contribution is 2.40. The minimum Gasteiger partial charge on any atom is -0.481 e. The van der Waals surface area contributed by atoms with Crippen LogP contribution in [-0.4, -0.2) is 29.1 Å². The average molecular weight is 351 g/mol. The van der Waals surface area contributed by atoms with Crippen LogP contribution in [0.3, 0.4) is 0 Å². The van der Waals surface area contributed by atoms with E-state index in [9.17, 15) is 4.79 Å². The lowest BCUT2D eigenvalue weighted by molar-refractivity contribution is 0.161. The predicted molar refractivity (Wildman–Crippen MR) is 100 cm³/mol. The van der Waals surface area contributed by atoms with Crippen molar-refractivity contribution in [3.63, 3.8) is 0 Å². The lowest BCUT2D eigenvalue weighted by Gasteiger charge is -2.36. The van der Waals surface area contributed by atoms with E-state index in [1.807, 2.05) is 12.1 Å². The first-order valence-electron chi connectivity index (χ1n) is 9.40. The summed E-state index contributed by atoms with van der Waals surface area (Å²) in [5.74, 6) is 0.564. The Morgan fingerprint density at radius 3 is 2.88 bits per heavy atom. The maximum Gasteiger partial charge on any atom is 0.318 e. The summed E-state index contributed by atoms with van der Waals surface area (Å²) < 4.78 is 5.28. The number of nitrogens with zero attached hydrogens (tertiary/aromatic N) is 2. The molecule has 0 aliphatic heterocycles. The third kappa shape index (κ3) is 3.39. The zero-order valence-corrected chi connectivity index (χ0v) is 15.1. The first-order valence-corrected chi connectivity index (χ1v) is 9.40. The number of carbonyl (C=O) groups is 1. The van der Waals surface area contributed by atoms with E-state index in [4.69, 9.17) is 4.74 Å². The number of amides is 2. The zero-order chi connectivity index (χ0) is 17.9. The largest absolute Gasteiger partial charge is 0.481 e. The van der Waals surface area contributed by atoms with E-state index in [1.54, 1.807) is 13.3 Å². The van der Waals surface area contributed by atoms with E-state index in [1.165, 1.54) is 11.1 Å². The second kappa shape index (κ2) is 7.36. The molecule has 2 aliphatic carbocycles. The van der Waals surface area contributed by atoms with Crippen molar-refractivity contribution in [3.8, 4) is 5.88 Å². The van der Waals surface area contributed by atoms with E-state index in [0.717, 1.165) is 37.7 Å². The number of ether oxygens (including phenoxy) is 1. The monoisotopic (exact) mass is 351 g/mol. The summed E-state index contributed by atoms with van der Waals surface area (Å²) in [5.41, 5.74) is 3.60. The van der Waals surface area contributed by atoms with Gasteiger partial charge in [-0.2, -0.15) is 0 Å². The highest BCUT2D eigenvalue weighted by atomic mass is 16.5. The predicted octanol–water partition coefficient (Wildman–Crippen LogP) is 3.84. The fourth-order valence-corrected chi connectivity index (χ4v) is 3.94. The van der Waals surface area contributed by atoms with E-state index < -0.39 is 0 Å². The molecule has 2 aromatic rings. The van der Waals surface area contributed by atoms with Gasteiger partial charge < -0.3 is 15.0 Å². The summed E-state index contributed by atoms with van der Waals surface area (Å²) >= 11 is 0. The summed E-state index contributed by atoms with van der Waals surface area (Å²) in [6, 6.07) is 12.9. The molecule has 1 fully saturated rings. The van der Waals surface area contributed by atoms with Gasteiger partial charge in [0.05, 0.1) is 13.2 Å². The van der Waals surface area contributed by atoms with Crippen molar-refractivity contribution >= 4 is 6.03 Å². The molecule has 1 heterocycles. The third-order valence-corrected chi connectivity index (χ3v) is 5.32. The van der Waals surface area contributed by atoms with Gasteiger partial charge >= 0.3 is 6.03 Å². The van der Waals surface area contributed by atoms with Crippen molar-refractivity contribution in [2.24, 2.45) is 0 Å². The maximum absolute atomic E-state index is 13.1. The highest BCUT2D eigenvalue weighted by Gasteiger charge is 2.39. The second-order valence-corrected chi connectivity index (χ2v) is 7.08. The van der Waals surface area contributed by atoms with Gasteiger partial charge in [-0.1, -0.05) is 30.3 Å². The number of methoxy groups -OCH3 is 1. The fourth-order valence-electron chi connectivity index (χ4n) is 3.94. The SMILES string of the molecule is COc1ncccc1CNC(=O)N(C1CC1)C1CCCc2ccccc21. The Balaban J connectivity index is 1.51. The Hall–Kier alpha value is -2.56. The molecule has 5 heteroatoms. The van der Waals surface area contributed by atoms with Crippen molar-refractivity contribution in [2.45, 2.75) is 50.7 Å². The van der Waals surface area contributed by atoms with Crippen molar-refractivity contribution in [1.29, 1.82) is 0 Å². The molecule has 4 rings (SSSR count). The second-order valence-electron chi connectivity index (χ2n) is 7.08. The van der Waals surface area contributed by atoms with Crippen LogP contribution in [0.2, 0.25) is 0 Å². The Kier molecular flexibility index (Phi) is 4.78. The van der Waals surface area contributed by atoms with Crippen molar-refractivity contribution < 1.29 is 9.53 Å². The summed E-state index contributed by atoms with van der Waals surface area (Å²) in [5, 5.41) is 3.09. The molecule has 0 saturated heterocycles. The van der Waals surface area contributed by atoms with Gasteiger partial charge in [0.25, 0.3) is 0 Å².